The van der Waals surface area contributed by atoms with E-state index in [1.54, 1.807) is 38.1 Å². The van der Waals surface area contributed by atoms with Crippen LogP contribution in [-0.2, 0) is 26.2 Å². The lowest BCUT2D eigenvalue weighted by molar-refractivity contribution is -0.140. The number of hydrogen-bond acceptors (Lipinski definition) is 5. The van der Waals surface area contributed by atoms with E-state index < -0.39 is 28.5 Å². The monoisotopic (exact) mass is 557 g/mol. The molecule has 0 fully saturated rings. The number of hydrogen-bond donors (Lipinski definition) is 1. The fraction of sp³-hybridized carbons (Fsp3) is 0.286. The van der Waals surface area contributed by atoms with Crippen LogP contribution in [0.1, 0.15) is 25.8 Å². The molecule has 0 aliphatic carbocycles. The van der Waals surface area contributed by atoms with Gasteiger partial charge in [0.05, 0.1) is 17.2 Å². The highest BCUT2D eigenvalue weighted by Crippen LogP contribution is 2.33. The minimum Gasteiger partial charge on any atom is -0.492 e. The van der Waals surface area contributed by atoms with Crippen molar-refractivity contribution < 1.29 is 22.7 Å². The van der Waals surface area contributed by atoms with Gasteiger partial charge in [0.2, 0.25) is 11.8 Å². The van der Waals surface area contributed by atoms with Crippen LogP contribution in [0.25, 0.3) is 0 Å². The number of nitrogens with one attached hydrogen (secondary N) is 1. The Morgan fingerprint density at radius 3 is 2.18 bits per heavy atom. The molecule has 0 heterocycles. The van der Waals surface area contributed by atoms with Crippen LogP contribution in [0.15, 0.2) is 83.8 Å². The van der Waals surface area contributed by atoms with Crippen LogP contribution in [0.2, 0.25) is 5.02 Å². The summed E-state index contributed by atoms with van der Waals surface area (Å²) in [4.78, 5) is 28.1. The van der Waals surface area contributed by atoms with Crippen LogP contribution >= 0.6 is 11.6 Å². The standard InChI is InChI=1S/C28H32ClN3O5S/c1-4-24(28(34)30-3)31(19-21-11-7-6-8-12-21)27(33)20-32(25-13-9-10-14-26(25)37-5-2)38(35,36)23-17-15-22(29)16-18-23/h6-18,24H,4-5,19-20H2,1-3H3,(H,30,34). The number of anilines is 1. The normalized spacial score (nSPS) is 11.9. The van der Waals surface area contributed by atoms with Crippen LogP contribution in [-0.4, -0.2) is 51.4 Å². The van der Waals surface area contributed by atoms with Crippen molar-refractivity contribution in [2.24, 2.45) is 0 Å². The van der Waals surface area contributed by atoms with Crippen LogP contribution in [0.5, 0.6) is 5.75 Å². The molecule has 0 aliphatic rings. The summed E-state index contributed by atoms with van der Waals surface area (Å²) < 4.78 is 34.6. The Morgan fingerprint density at radius 2 is 1.58 bits per heavy atom. The maximum absolute atomic E-state index is 13.9. The van der Waals surface area contributed by atoms with E-state index >= 15 is 0 Å². The van der Waals surface area contributed by atoms with Gasteiger partial charge < -0.3 is 15.0 Å². The highest BCUT2D eigenvalue weighted by molar-refractivity contribution is 7.92. The molecule has 8 nitrogen and oxygen atoms in total. The van der Waals surface area contributed by atoms with E-state index in [0.29, 0.717) is 23.8 Å². The molecule has 2 amide bonds. The number of likely N-dealkylation sites (N-methyl/N-ethyl adjacent to an activating group) is 1. The molecule has 0 bridgehead atoms. The number of sulfonamides is 1. The van der Waals surface area contributed by atoms with Crippen LogP contribution in [0, 0.1) is 0 Å². The van der Waals surface area contributed by atoms with Gasteiger partial charge in [0.1, 0.15) is 18.3 Å². The third-order valence-corrected chi connectivity index (χ3v) is 7.97. The van der Waals surface area contributed by atoms with Crippen molar-refractivity contribution in [1.82, 2.24) is 10.2 Å². The van der Waals surface area contributed by atoms with Crippen molar-refractivity contribution in [1.29, 1.82) is 0 Å². The average Bonchev–Trinajstić information content (AvgIpc) is 2.92. The van der Waals surface area contributed by atoms with E-state index in [-0.39, 0.29) is 23.0 Å². The topological polar surface area (TPSA) is 96.0 Å². The molecule has 3 aromatic carbocycles. The summed E-state index contributed by atoms with van der Waals surface area (Å²) >= 11 is 5.99. The molecule has 202 valence electrons. The summed E-state index contributed by atoms with van der Waals surface area (Å²) in [6, 6.07) is 20.8. The number of para-hydroxylation sites is 2. The highest BCUT2D eigenvalue weighted by atomic mass is 35.5. The first-order chi connectivity index (χ1) is 18.2. The Kier molecular flexibility index (Phi) is 10.2. The molecule has 0 aliphatic heterocycles. The zero-order valence-electron chi connectivity index (χ0n) is 21.6. The van der Waals surface area contributed by atoms with E-state index in [0.717, 1.165) is 9.87 Å². The number of rotatable bonds is 12. The van der Waals surface area contributed by atoms with Gasteiger partial charge in [-0.15, -0.1) is 0 Å². The molecule has 0 aromatic heterocycles. The highest BCUT2D eigenvalue weighted by Gasteiger charge is 2.34. The molecule has 38 heavy (non-hydrogen) atoms. The van der Waals surface area contributed by atoms with Crippen LogP contribution < -0.4 is 14.4 Å². The van der Waals surface area contributed by atoms with Crippen molar-refractivity contribution in [2.45, 2.75) is 37.8 Å². The second-order valence-electron chi connectivity index (χ2n) is 8.41. The lowest BCUT2D eigenvalue weighted by atomic mass is 10.1. The number of nitrogens with zero attached hydrogens (tertiary/aromatic N) is 2. The molecule has 1 N–H and O–H groups in total. The maximum Gasteiger partial charge on any atom is 0.264 e. The third kappa shape index (κ3) is 6.85. The summed E-state index contributed by atoms with van der Waals surface area (Å²) in [5.74, 6) is -0.556. The van der Waals surface area contributed by atoms with E-state index in [2.05, 4.69) is 5.32 Å². The molecule has 0 saturated heterocycles. The molecule has 10 heteroatoms. The van der Waals surface area contributed by atoms with Gasteiger partial charge in [-0.05, 0) is 55.3 Å². The minimum absolute atomic E-state index is 0.0334. The van der Waals surface area contributed by atoms with E-state index in [9.17, 15) is 18.0 Å². The van der Waals surface area contributed by atoms with Gasteiger partial charge in [0.25, 0.3) is 10.0 Å². The molecule has 0 radical (unpaired) electrons. The fourth-order valence-electron chi connectivity index (χ4n) is 4.05. The van der Waals surface area contributed by atoms with Gasteiger partial charge in [-0.1, -0.05) is 61.0 Å². The number of ether oxygens (including phenoxy) is 1. The summed E-state index contributed by atoms with van der Waals surface area (Å²) in [6.45, 7) is 3.48. The minimum atomic E-state index is -4.22. The summed E-state index contributed by atoms with van der Waals surface area (Å²) in [6.07, 6.45) is 0.345. The van der Waals surface area contributed by atoms with Crippen LogP contribution in [0.4, 0.5) is 5.69 Å². The number of amides is 2. The first-order valence-corrected chi connectivity index (χ1v) is 14.1. The largest absolute Gasteiger partial charge is 0.492 e. The molecule has 3 aromatic rings. The van der Waals surface area contributed by atoms with E-state index in [1.165, 1.54) is 36.2 Å². The summed E-state index contributed by atoms with van der Waals surface area (Å²) in [5, 5.41) is 2.99. The number of carbonyl (C=O) groups excluding carboxylic acids is 2. The molecule has 1 atom stereocenters. The van der Waals surface area contributed by atoms with E-state index in [1.807, 2.05) is 30.3 Å². The first kappa shape index (κ1) is 29.0. The molecular weight excluding hydrogens is 526 g/mol. The van der Waals surface area contributed by atoms with Crippen molar-refractivity contribution in [2.75, 3.05) is 24.5 Å². The number of benzene rings is 3. The van der Waals surface area contributed by atoms with Gasteiger partial charge in [0.15, 0.2) is 0 Å². The SMILES string of the molecule is CCOc1ccccc1N(CC(=O)N(Cc1ccccc1)C(CC)C(=O)NC)S(=O)(=O)c1ccc(Cl)cc1. The predicted octanol–water partition coefficient (Wildman–Crippen LogP) is 4.49. The first-order valence-electron chi connectivity index (χ1n) is 12.3. The second-order valence-corrected chi connectivity index (χ2v) is 10.7. The van der Waals surface area contributed by atoms with Crippen molar-refractivity contribution in [3.63, 3.8) is 0 Å². The van der Waals surface area contributed by atoms with Gasteiger partial charge in [-0.25, -0.2) is 8.42 Å². The number of halogens is 1. The predicted molar refractivity (Wildman–Crippen MR) is 149 cm³/mol. The Balaban J connectivity index is 2.10. The Labute approximate surface area is 229 Å². The van der Waals surface area contributed by atoms with Gasteiger partial charge in [-0.2, -0.15) is 0 Å². The van der Waals surface area contributed by atoms with Crippen molar-refractivity contribution in [3.05, 3.63) is 89.4 Å². The average molecular weight is 558 g/mol. The van der Waals surface area contributed by atoms with Gasteiger partial charge in [0, 0.05) is 18.6 Å². The Morgan fingerprint density at radius 1 is 0.947 bits per heavy atom. The smallest absolute Gasteiger partial charge is 0.264 e. The Bertz CT molecular complexity index is 1330. The molecule has 1 unspecified atom stereocenters. The summed E-state index contributed by atoms with van der Waals surface area (Å²) in [5.41, 5.74) is 1.02. The fourth-order valence-corrected chi connectivity index (χ4v) is 5.60. The maximum atomic E-state index is 13.9. The lowest BCUT2D eigenvalue weighted by Gasteiger charge is -2.33. The zero-order chi connectivity index (χ0) is 27.7. The third-order valence-electron chi connectivity index (χ3n) is 5.94. The van der Waals surface area contributed by atoms with Crippen molar-refractivity contribution >= 4 is 39.1 Å². The van der Waals surface area contributed by atoms with Crippen LogP contribution in [0.3, 0.4) is 0 Å². The quantitative estimate of drug-likeness (QED) is 0.354. The molecule has 0 saturated carbocycles. The molecule has 0 spiro atoms. The zero-order valence-corrected chi connectivity index (χ0v) is 23.2. The number of carbonyl (C=O) groups is 2. The molecule has 3 rings (SSSR count). The van der Waals surface area contributed by atoms with Gasteiger partial charge >= 0.3 is 0 Å². The summed E-state index contributed by atoms with van der Waals surface area (Å²) in [7, 11) is -2.72. The second kappa shape index (κ2) is 13.3. The lowest BCUT2D eigenvalue weighted by Crippen LogP contribution is -2.51. The molecular formula is C28H32ClN3O5S. The van der Waals surface area contributed by atoms with Gasteiger partial charge in [-0.3, -0.25) is 13.9 Å². The van der Waals surface area contributed by atoms with E-state index in [4.69, 9.17) is 16.3 Å². The van der Waals surface area contributed by atoms with Crippen molar-refractivity contribution in [3.8, 4) is 5.75 Å². The Hall–Kier alpha value is -3.56.